The molecule has 0 bridgehead atoms. The number of carboxylic acid groups (broad SMARTS) is 1. The first-order valence-corrected chi connectivity index (χ1v) is 17.3. The molecule has 4 amide bonds. The Labute approximate surface area is 287 Å². The Morgan fingerprint density at radius 1 is 0.878 bits per heavy atom. The first kappa shape index (κ1) is 35.7. The molecule has 0 radical (unpaired) electrons. The number of benzene rings is 2. The number of hydrogen-bond donors (Lipinski definition) is 4. The van der Waals surface area contributed by atoms with E-state index in [9.17, 15) is 29.1 Å². The fraction of sp³-hybridized carbons (Fsp3) is 0.541. The maximum Gasteiger partial charge on any atom is 0.329 e. The van der Waals surface area contributed by atoms with E-state index in [0.717, 1.165) is 49.0 Å². The monoisotopic (exact) mass is 676 g/mol. The fourth-order valence-electron chi connectivity index (χ4n) is 6.93. The molecule has 49 heavy (non-hydrogen) atoms. The van der Waals surface area contributed by atoms with Crippen molar-refractivity contribution in [3.63, 3.8) is 0 Å². The van der Waals surface area contributed by atoms with Crippen molar-refractivity contribution >= 4 is 29.6 Å². The largest absolute Gasteiger partial charge is 0.497 e. The van der Waals surface area contributed by atoms with Gasteiger partial charge in [-0.25, -0.2) is 4.79 Å². The number of ether oxygens (including phenoxy) is 2. The van der Waals surface area contributed by atoms with E-state index in [1.165, 1.54) is 11.8 Å². The van der Waals surface area contributed by atoms with Gasteiger partial charge in [-0.1, -0.05) is 57.4 Å². The van der Waals surface area contributed by atoms with Crippen LogP contribution in [-0.4, -0.2) is 83.0 Å². The Hall–Kier alpha value is -4.61. The van der Waals surface area contributed by atoms with Gasteiger partial charge in [0.15, 0.2) is 0 Å². The molecule has 4 N–H and O–H groups in total. The summed E-state index contributed by atoms with van der Waals surface area (Å²) in [6.45, 7) is 5.06. The van der Waals surface area contributed by atoms with E-state index < -0.39 is 53.5 Å². The molecule has 2 aliphatic carbocycles. The summed E-state index contributed by atoms with van der Waals surface area (Å²) in [6.07, 6.45) is 4.82. The zero-order valence-electron chi connectivity index (χ0n) is 28.7. The molecule has 2 aromatic carbocycles. The van der Waals surface area contributed by atoms with Gasteiger partial charge in [-0.3, -0.25) is 19.2 Å². The van der Waals surface area contributed by atoms with Crippen LogP contribution in [0, 0.1) is 11.8 Å². The average Bonchev–Trinajstić information content (AvgIpc) is 3.76. The number of carboxylic acids is 1. The molecule has 3 aliphatic rings. The number of nitrogens with one attached hydrogen (secondary N) is 3. The minimum absolute atomic E-state index is 0.0366. The normalized spacial score (nSPS) is 21.3. The Bertz CT molecular complexity index is 1520. The third-order valence-corrected chi connectivity index (χ3v) is 9.94. The number of likely N-dealkylation sites (tertiary alicyclic amines) is 1. The molecule has 0 spiro atoms. The van der Waals surface area contributed by atoms with Crippen LogP contribution in [0.3, 0.4) is 0 Å². The van der Waals surface area contributed by atoms with Crippen LogP contribution in [0.5, 0.6) is 11.5 Å². The molecule has 0 unspecified atom stereocenters. The number of amides is 4. The predicted octanol–water partition coefficient (Wildman–Crippen LogP) is 3.67. The maximum absolute atomic E-state index is 14.3. The maximum atomic E-state index is 14.3. The lowest BCUT2D eigenvalue weighted by Gasteiger charge is -2.34. The van der Waals surface area contributed by atoms with E-state index >= 15 is 0 Å². The minimum atomic E-state index is -1.33. The van der Waals surface area contributed by atoms with Crippen molar-refractivity contribution in [1.29, 1.82) is 0 Å². The summed E-state index contributed by atoms with van der Waals surface area (Å²) in [5, 5.41) is 18.1. The minimum Gasteiger partial charge on any atom is -0.497 e. The summed E-state index contributed by atoms with van der Waals surface area (Å²) in [5.74, 6) is -1.96. The number of carbonyl (C=O) groups is 5. The standard InChI is InChI=1S/C37H48N4O8/c1-22(2)31(39-34(44)32(38-23(3)42)26-8-6-5-7-9-26)35(45)41-21-29(20-30(41)33(43)40-37(18-19-37)36(46)47)49-28-16-12-25(13-17-28)24-10-14-27(48-4)15-11-24/h10-17,22,26,29-32H,5-9,18-21H2,1-4H3,(H,38,42)(H,39,44)(H,40,43)(H,46,47)/t29-,30+,31+,32+/m1/s1. The molecule has 2 aromatic rings. The quantitative estimate of drug-likeness (QED) is 0.250. The van der Waals surface area contributed by atoms with Gasteiger partial charge in [0.1, 0.15) is 41.3 Å². The number of carbonyl (C=O) groups excluding carboxylic acids is 4. The van der Waals surface area contributed by atoms with Crippen molar-refractivity contribution in [2.45, 2.75) is 102 Å². The third-order valence-electron chi connectivity index (χ3n) is 9.94. The van der Waals surface area contributed by atoms with Crippen molar-refractivity contribution in [3.8, 4) is 22.6 Å². The lowest BCUT2D eigenvalue weighted by molar-refractivity contribution is -0.146. The topological polar surface area (TPSA) is 163 Å². The van der Waals surface area contributed by atoms with Crippen LogP contribution in [0.25, 0.3) is 11.1 Å². The number of hydrogen-bond acceptors (Lipinski definition) is 7. The van der Waals surface area contributed by atoms with Gasteiger partial charge in [-0.05, 0) is 72.9 Å². The van der Waals surface area contributed by atoms with Crippen molar-refractivity contribution < 1.29 is 38.6 Å². The van der Waals surface area contributed by atoms with Gasteiger partial charge in [-0.15, -0.1) is 0 Å². The van der Waals surface area contributed by atoms with Gasteiger partial charge in [-0.2, -0.15) is 0 Å². The first-order valence-electron chi connectivity index (χ1n) is 17.3. The third kappa shape index (κ3) is 8.52. The van der Waals surface area contributed by atoms with E-state index in [4.69, 9.17) is 9.47 Å². The van der Waals surface area contributed by atoms with Gasteiger partial charge in [0, 0.05) is 13.3 Å². The number of aliphatic carboxylic acids is 1. The number of nitrogens with zero attached hydrogens (tertiary/aromatic N) is 1. The molecule has 12 heteroatoms. The van der Waals surface area contributed by atoms with Crippen LogP contribution >= 0.6 is 0 Å². The van der Waals surface area contributed by atoms with E-state index in [2.05, 4.69) is 16.0 Å². The second kappa shape index (κ2) is 15.3. The zero-order valence-corrected chi connectivity index (χ0v) is 28.7. The van der Waals surface area contributed by atoms with E-state index in [-0.39, 0.29) is 30.7 Å². The summed E-state index contributed by atoms with van der Waals surface area (Å²) < 4.78 is 11.5. The Kier molecular flexibility index (Phi) is 11.1. The zero-order chi connectivity index (χ0) is 35.3. The second-order valence-electron chi connectivity index (χ2n) is 13.9. The van der Waals surface area contributed by atoms with Crippen molar-refractivity contribution in [2.24, 2.45) is 11.8 Å². The van der Waals surface area contributed by atoms with Crippen LogP contribution in [0.4, 0.5) is 0 Å². The summed E-state index contributed by atoms with van der Waals surface area (Å²) in [7, 11) is 1.62. The molecule has 2 saturated carbocycles. The first-order chi connectivity index (χ1) is 23.4. The van der Waals surface area contributed by atoms with Gasteiger partial charge in [0.25, 0.3) is 0 Å². The summed E-state index contributed by atoms with van der Waals surface area (Å²) in [4.78, 5) is 67.0. The van der Waals surface area contributed by atoms with E-state index in [1.54, 1.807) is 7.11 Å². The molecule has 4 atom stereocenters. The molecule has 0 aromatic heterocycles. The fourth-order valence-corrected chi connectivity index (χ4v) is 6.93. The lowest BCUT2D eigenvalue weighted by atomic mass is 9.83. The highest BCUT2D eigenvalue weighted by molar-refractivity contribution is 5.96. The number of rotatable bonds is 13. The summed E-state index contributed by atoms with van der Waals surface area (Å²) in [6, 6.07) is 12.4. The van der Waals surface area contributed by atoms with Crippen molar-refractivity contribution in [1.82, 2.24) is 20.9 Å². The van der Waals surface area contributed by atoms with Crippen LogP contribution in [0.15, 0.2) is 48.5 Å². The van der Waals surface area contributed by atoms with Crippen LogP contribution in [-0.2, 0) is 24.0 Å². The highest BCUT2D eigenvalue weighted by Crippen LogP contribution is 2.37. The van der Waals surface area contributed by atoms with Gasteiger partial charge < -0.3 is 35.4 Å². The molecular formula is C37H48N4O8. The molecular weight excluding hydrogens is 628 g/mol. The van der Waals surface area contributed by atoms with Gasteiger partial charge in [0.05, 0.1) is 13.7 Å². The van der Waals surface area contributed by atoms with Crippen LogP contribution in [0.2, 0.25) is 0 Å². The SMILES string of the molecule is COc1ccc(-c2ccc(O[C@@H]3C[C@@H](C(=O)NC4(C(=O)O)CC4)N(C(=O)[C@@H](NC(=O)[C@@H](NC(C)=O)C4CCCCC4)C(C)C)C3)cc2)cc1. The molecule has 3 fully saturated rings. The summed E-state index contributed by atoms with van der Waals surface area (Å²) >= 11 is 0. The van der Waals surface area contributed by atoms with Crippen LogP contribution in [0.1, 0.15) is 72.1 Å². The predicted molar refractivity (Wildman–Crippen MR) is 182 cm³/mol. The van der Waals surface area contributed by atoms with Gasteiger partial charge in [0.2, 0.25) is 23.6 Å². The second-order valence-corrected chi connectivity index (χ2v) is 13.9. The van der Waals surface area contributed by atoms with Crippen molar-refractivity contribution in [2.75, 3.05) is 13.7 Å². The lowest BCUT2D eigenvalue weighted by Crippen LogP contribution is -2.60. The highest BCUT2D eigenvalue weighted by atomic mass is 16.5. The number of methoxy groups -OCH3 is 1. The smallest absolute Gasteiger partial charge is 0.329 e. The Balaban J connectivity index is 1.34. The molecule has 12 nitrogen and oxygen atoms in total. The van der Waals surface area contributed by atoms with Crippen LogP contribution < -0.4 is 25.4 Å². The van der Waals surface area contributed by atoms with Gasteiger partial charge >= 0.3 is 5.97 Å². The molecule has 264 valence electrons. The van der Waals surface area contributed by atoms with Crippen molar-refractivity contribution in [3.05, 3.63) is 48.5 Å². The molecule has 1 heterocycles. The molecule has 5 rings (SSSR count). The average molecular weight is 677 g/mol. The van der Waals surface area contributed by atoms with E-state index in [0.29, 0.717) is 18.6 Å². The van der Waals surface area contributed by atoms with E-state index in [1.807, 2.05) is 62.4 Å². The highest BCUT2D eigenvalue weighted by Gasteiger charge is 2.54. The molecule has 1 aliphatic heterocycles. The Morgan fingerprint density at radius 2 is 1.47 bits per heavy atom. The Morgan fingerprint density at radius 3 is 1.98 bits per heavy atom. The molecule has 1 saturated heterocycles. The summed E-state index contributed by atoms with van der Waals surface area (Å²) in [5.41, 5.74) is 0.639.